The van der Waals surface area contributed by atoms with Gasteiger partial charge in [-0.15, -0.1) is 0 Å². The number of amides is 1. The van der Waals surface area contributed by atoms with Crippen molar-refractivity contribution in [3.05, 3.63) is 68.7 Å². The average molecular weight is 328 g/mol. The van der Waals surface area contributed by atoms with Crippen LogP contribution in [0.15, 0.2) is 47.6 Å². The summed E-state index contributed by atoms with van der Waals surface area (Å²) in [5, 5.41) is 5.17. The molecule has 3 nitrogen and oxygen atoms in total. The van der Waals surface area contributed by atoms with Crippen molar-refractivity contribution >= 4 is 46.9 Å². The fraction of sp³-hybridized carbons (Fsp3) is 0. The molecule has 2 aromatic carbocycles. The summed E-state index contributed by atoms with van der Waals surface area (Å²) in [7, 11) is 0. The zero-order chi connectivity index (χ0) is 14.5. The molecule has 0 heterocycles. The van der Waals surface area contributed by atoms with Crippen molar-refractivity contribution in [2.24, 2.45) is 5.10 Å². The van der Waals surface area contributed by atoms with Crippen LogP contribution in [0, 0.1) is 0 Å². The molecule has 0 bridgehead atoms. The molecule has 0 aliphatic rings. The Morgan fingerprint density at radius 1 is 1.05 bits per heavy atom. The quantitative estimate of drug-likeness (QED) is 0.658. The van der Waals surface area contributed by atoms with Gasteiger partial charge in [0.15, 0.2) is 0 Å². The van der Waals surface area contributed by atoms with E-state index in [-0.39, 0.29) is 5.91 Å². The Bertz CT molecular complexity index is 671. The molecule has 1 amide bonds. The van der Waals surface area contributed by atoms with Gasteiger partial charge in [0.05, 0.1) is 16.3 Å². The summed E-state index contributed by atoms with van der Waals surface area (Å²) < 4.78 is 0. The maximum Gasteiger partial charge on any atom is 0.271 e. The summed E-state index contributed by atoms with van der Waals surface area (Å²) >= 11 is 17.5. The lowest BCUT2D eigenvalue weighted by atomic mass is 10.2. The van der Waals surface area contributed by atoms with Crippen molar-refractivity contribution < 1.29 is 4.79 Å². The highest BCUT2D eigenvalue weighted by molar-refractivity contribution is 6.42. The molecule has 0 saturated carbocycles. The molecular weight excluding hydrogens is 319 g/mol. The van der Waals surface area contributed by atoms with Crippen molar-refractivity contribution in [1.82, 2.24) is 5.43 Å². The Kier molecular flexibility index (Phi) is 5.01. The monoisotopic (exact) mass is 326 g/mol. The molecule has 0 aliphatic carbocycles. The van der Waals surface area contributed by atoms with Crippen LogP contribution >= 0.6 is 34.8 Å². The van der Waals surface area contributed by atoms with Gasteiger partial charge in [-0.3, -0.25) is 4.79 Å². The van der Waals surface area contributed by atoms with Crippen molar-refractivity contribution in [3.63, 3.8) is 0 Å². The van der Waals surface area contributed by atoms with E-state index in [0.29, 0.717) is 20.6 Å². The molecule has 2 rings (SSSR count). The maximum atomic E-state index is 11.8. The van der Waals surface area contributed by atoms with Crippen LogP contribution in [0.25, 0.3) is 0 Å². The number of halogens is 3. The molecule has 2 aromatic rings. The summed E-state index contributed by atoms with van der Waals surface area (Å²) in [6, 6.07) is 11.7. The van der Waals surface area contributed by atoms with E-state index in [1.54, 1.807) is 30.3 Å². The smallest absolute Gasteiger partial charge is 0.267 e. The number of hydrazone groups is 1. The number of hydrogen-bond acceptors (Lipinski definition) is 2. The van der Waals surface area contributed by atoms with Crippen LogP contribution in [-0.2, 0) is 0 Å². The molecule has 0 saturated heterocycles. The Balaban J connectivity index is 2.03. The zero-order valence-corrected chi connectivity index (χ0v) is 12.4. The van der Waals surface area contributed by atoms with Crippen LogP contribution in [-0.4, -0.2) is 12.1 Å². The highest BCUT2D eigenvalue weighted by Crippen LogP contribution is 2.22. The van der Waals surface area contributed by atoms with Gasteiger partial charge in [-0.2, -0.15) is 5.10 Å². The summed E-state index contributed by atoms with van der Waals surface area (Å²) in [4.78, 5) is 11.8. The molecule has 0 unspecified atom stereocenters. The first-order chi connectivity index (χ1) is 9.56. The molecule has 20 heavy (non-hydrogen) atoms. The van der Waals surface area contributed by atoms with Crippen LogP contribution in [0.5, 0.6) is 0 Å². The van der Waals surface area contributed by atoms with Gasteiger partial charge in [0.2, 0.25) is 0 Å². The summed E-state index contributed by atoms with van der Waals surface area (Å²) in [5.41, 5.74) is 3.56. The molecule has 102 valence electrons. The number of nitrogens with one attached hydrogen (secondary N) is 1. The van der Waals surface area contributed by atoms with E-state index in [1.807, 2.05) is 6.07 Å². The largest absolute Gasteiger partial charge is 0.271 e. The van der Waals surface area contributed by atoms with Crippen molar-refractivity contribution in [3.8, 4) is 0 Å². The number of nitrogens with zero attached hydrogens (tertiary/aromatic N) is 1. The topological polar surface area (TPSA) is 41.5 Å². The van der Waals surface area contributed by atoms with Crippen LogP contribution in [0.1, 0.15) is 15.9 Å². The van der Waals surface area contributed by atoms with E-state index in [9.17, 15) is 4.79 Å². The number of hydrogen-bond donors (Lipinski definition) is 1. The normalized spacial score (nSPS) is 10.8. The maximum absolute atomic E-state index is 11.8. The number of carbonyl (C=O) groups is 1. The van der Waals surface area contributed by atoms with Gasteiger partial charge in [0.25, 0.3) is 5.91 Å². The van der Waals surface area contributed by atoms with Crippen LogP contribution in [0.3, 0.4) is 0 Å². The van der Waals surface area contributed by atoms with E-state index >= 15 is 0 Å². The Morgan fingerprint density at radius 3 is 2.55 bits per heavy atom. The van der Waals surface area contributed by atoms with E-state index in [0.717, 1.165) is 5.56 Å². The third kappa shape index (κ3) is 3.97. The Hall–Kier alpha value is -1.55. The molecule has 0 aliphatic heterocycles. The molecule has 1 N–H and O–H groups in total. The minimum absolute atomic E-state index is 0.318. The fourth-order valence-corrected chi connectivity index (χ4v) is 1.95. The molecule has 0 spiro atoms. The Labute approximate surface area is 131 Å². The second kappa shape index (κ2) is 6.75. The summed E-state index contributed by atoms with van der Waals surface area (Å²) in [6.45, 7) is 0. The highest BCUT2D eigenvalue weighted by atomic mass is 35.5. The van der Waals surface area contributed by atoms with Gasteiger partial charge in [-0.25, -0.2) is 5.43 Å². The first kappa shape index (κ1) is 14.9. The van der Waals surface area contributed by atoms with Crippen LogP contribution in [0.4, 0.5) is 0 Å². The van der Waals surface area contributed by atoms with Gasteiger partial charge < -0.3 is 0 Å². The van der Waals surface area contributed by atoms with Gasteiger partial charge >= 0.3 is 0 Å². The molecule has 0 atom stereocenters. The number of benzene rings is 2. The molecule has 0 fully saturated rings. The fourth-order valence-electron chi connectivity index (χ4n) is 1.45. The lowest BCUT2D eigenvalue weighted by molar-refractivity contribution is 0.0955. The van der Waals surface area contributed by atoms with Crippen molar-refractivity contribution in [1.29, 1.82) is 0 Å². The third-order valence-corrected chi connectivity index (χ3v) is 3.38. The van der Waals surface area contributed by atoms with Gasteiger partial charge in [0.1, 0.15) is 0 Å². The van der Waals surface area contributed by atoms with Crippen molar-refractivity contribution in [2.45, 2.75) is 0 Å². The van der Waals surface area contributed by atoms with Gasteiger partial charge in [-0.1, -0.05) is 46.9 Å². The number of carbonyl (C=O) groups excluding carboxylic acids is 1. The molecular formula is C14H9Cl3N2O. The lowest BCUT2D eigenvalue weighted by Crippen LogP contribution is -2.17. The predicted molar refractivity (Wildman–Crippen MR) is 83.0 cm³/mol. The first-order valence-corrected chi connectivity index (χ1v) is 6.73. The highest BCUT2D eigenvalue weighted by Gasteiger charge is 2.06. The number of rotatable bonds is 3. The first-order valence-electron chi connectivity index (χ1n) is 5.60. The summed E-state index contributed by atoms with van der Waals surface area (Å²) in [5.74, 6) is -0.373. The Morgan fingerprint density at radius 2 is 1.85 bits per heavy atom. The lowest BCUT2D eigenvalue weighted by Gasteiger charge is -2.01. The van der Waals surface area contributed by atoms with Crippen LogP contribution in [0.2, 0.25) is 15.1 Å². The molecule has 6 heteroatoms. The standard InChI is InChI=1S/C14H9Cl3N2O/c15-11-3-1-2-9(6-11)8-18-19-14(20)10-4-5-12(16)13(17)7-10/h1-8H,(H,19,20)/b18-8+. The van der Waals surface area contributed by atoms with Crippen LogP contribution < -0.4 is 5.43 Å². The van der Waals surface area contributed by atoms with E-state index in [4.69, 9.17) is 34.8 Å². The SMILES string of the molecule is O=C(N/N=C/c1cccc(Cl)c1)c1ccc(Cl)c(Cl)c1. The van der Waals surface area contributed by atoms with E-state index in [1.165, 1.54) is 12.3 Å². The minimum atomic E-state index is -0.373. The molecule has 0 radical (unpaired) electrons. The average Bonchev–Trinajstić information content (AvgIpc) is 2.42. The minimum Gasteiger partial charge on any atom is -0.267 e. The second-order valence-corrected chi connectivity index (χ2v) is 5.13. The van der Waals surface area contributed by atoms with Crippen molar-refractivity contribution in [2.75, 3.05) is 0 Å². The molecule has 0 aromatic heterocycles. The predicted octanol–water partition coefficient (Wildman–Crippen LogP) is 4.41. The second-order valence-electron chi connectivity index (χ2n) is 3.88. The van der Waals surface area contributed by atoms with E-state index in [2.05, 4.69) is 10.5 Å². The zero-order valence-electron chi connectivity index (χ0n) is 10.1. The summed E-state index contributed by atoms with van der Waals surface area (Å²) in [6.07, 6.45) is 1.50. The third-order valence-electron chi connectivity index (χ3n) is 2.41. The van der Waals surface area contributed by atoms with Gasteiger partial charge in [-0.05, 0) is 35.9 Å². The van der Waals surface area contributed by atoms with Gasteiger partial charge in [0, 0.05) is 10.6 Å². The van der Waals surface area contributed by atoms with E-state index < -0.39 is 0 Å².